The highest BCUT2D eigenvalue weighted by Crippen LogP contribution is 2.39. The molecule has 0 aromatic heterocycles. The van der Waals surface area contributed by atoms with E-state index in [4.69, 9.17) is 0 Å². The Morgan fingerprint density at radius 3 is 2.63 bits per heavy atom. The van der Waals surface area contributed by atoms with Crippen LogP contribution in [0.5, 0.6) is 0 Å². The standard InChI is InChI=1S/C21H32N4O.HI/c1-21(2,16-8-4-5-9-16)14-24-20(22-3)23-13-15-12-19(26)25-18-11-7-6-10-17(15)18;/h6-7,10-11,15-16H,4-5,8-9,12-14H2,1-3H3,(H,25,26)(H2,22,23,24);1H. The van der Waals surface area contributed by atoms with E-state index in [1.807, 2.05) is 18.2 Å². The van der Waals surface area contributed by atoms with E-state index in [-0.39, 0.29) is 41.2 Å². The topological polar surface area (TPSA) is 65.5 Å². The van der Waals surface area contributed by atoms with Crippen LogP contribution in [0.15, 0.2) is 29.3 Å². The van der Waals surface area contributed by atoms with Crippen LogP contribution < -0.4 is 16.0 Å². The van der Waals surface area contributed by atoms with E-state index in [0.29, 0.717) is 13.0 Å². The molecule has 1 aromatic rings. The van der Waals surface area contributed by atoms with Crippen molar-refractivity contribution < 1.29 is 4.79 Å². The minimum absolute atomic E-state index is 0. The SMILES string of the molecule is CN=C(NCC1CC(=O)Nc2ccccc21)NCC(C)(C)C1CCCC1.I. The summed E-state index contributed by atoms with van der Waals surface area (Å²) < 4.78 is 0. The smallest absolute Gasteiger partial charge is 0.225 e. The molecule has 1 aliphatic heterocycles. The lowest BCUT2D eigenvalue weighted by Gasteiger charge is -2.33. The van der Waals surface area contributed by atoms with Crippen molar-refractivity contribution in [2.75, 3.05) is 25.5 Å². The molecule has 1 atom stereocenters. The van der Waals surface area contributed by atoms with E-state index in [2.05, 4.69) is 40.9 Å². The maximum absolute atomic E-state index is 12.0. The van der Waals surface area contributed by atoms with Gasteiger partial charge < -0.3 is 16.0 Å². The molecule has 0 spiro atoms. The van der Waals surface area contributed by atoms with E-state index in [9.17, 15) is 4.79 Å². The molecule has 6 heteroatoms. The van der Waals surface area contributed by atoms with Gasteiger partial charge in [0.15, 0.2) is 5.96 Å². The van der Waals surface area contributed by atoms with Gasteiger partial charge in [-0.05, 0) is 35.8 Å². The third kappa shape index (κ3) is 5.59. The number of para-hydroxylation sites is 1. The molecule has 3 rings (SSSR count). The summed E-state index contributed by atoms with van der Waals surface area (Å²) in [5.41, 5.74) is 2.40. The molecule has 1 saturated carbocycles. The quantitative estimate of drug-likeness (QED) is 0.335. The molecule has 1 amide bonds. The lowest BCUT2D eigenvalue weighted by molar-refractivity contribution is -0.116. The average molecular weight is 484 g/mol. The molecule has 2 aliphatic rings. The Kier molecular flexibility index (Phi) is 7.94. The van der Waals surface area contributed by atoms with E-state index in [0.717, 1.165) is 24.1 Å². The molecular weight excluding hydrogens is 451 g/mol. The highest BCUT2D eigenvalue weighted by molar-refractivity contribution is 14.0. The Hall–Kier alpha value is -1.31. The van der Waals surface area contributed by atoms with Crippen molar-refractivity contribution in [1.29, 1.82) is 0 Å². The maximum Gasteiger partial charge on any atom is 0.225 e. The molecule has 1 heterocycles. The lowest BCUT2D eigenvalue weighted by Crippen LogP contribution is -2.45. The van der Waals surface area contributed by atoms with E-state index < -0.39 is 0 Å². The van der Waals surface area contributed by atoms with Crippen molar-refractivity contribution in [1.82, 2.24) is 10.6 Å². The van der Waals surface area contributed by atoms with Crippen LogP contribution in [0, 0.1) is 11.3 Å². The van der Waals surface area contributed by atoms with Crippen molar-refractivity contribution in [2.45, 2.75) is 51.9 Å². The van der Waals surface area contributed by atoms with Gasteiger partial charge in [-0.1, -0.05) is 44.9 Å². The Labute approximate surface area is 180 Å². The highest BCUT2D eigenvalue weighted by atomic mass is 127. The summed E-state index contributed by atoms with van der Waals surface area (Å²) in [6.07, 6.45) is 5.92. The number of halogens is 1. The zero-order valence-corrected chi connectivity index (χ0v) is 19.0. The van der Waals surface area contributed by atoms with Gasteiger partial charge in [0.05, 0.1) is 0 Å². The second-order valence-electron chi connectivity index (χ2n) is 8.31. The number of nitrogens with one attached hydrogen (secondary N) is 3. The number of anilines is 1. The number of fused-ring (bicyclic) bond motifs is 1. The number of amides is 1. The van der Waals surface area contributed by atoms with Crippen molar-refractivity contribution in [2.24, 2.45) is 16.3 Å². The minimum Gasteiger partial charge on any atom is -0.356 e. The second kappa shape index (κ2) is 9.75. The third-order valence-corrected chi connectivity index (χ3v) is 6.02. The molecule has 0 saturated heterocycles. The number of aliphatic imine (C=N–C) groups is 1. The number of hydrogen-bond acceptors (Lipinski definition) is 2. The van der Waals surface area contributed by atoms with Crippen LogP contribution in [0.1, 0.15) is 57.4 Å². The summed E-state index contributed by atoms with van der Waals surface area (Å²) in [5.74, 6) is 1.86. The first-order valence-electron chi connectivity index (χ1n) is 9.83. The predicted octanol–water partition coefficient (Wildman–Crippen LogP) is 4.11. The molecule has 5 nitrogen and oxygen atoms in total. The van der Waals surface area contributed by atoms with Gasteiger partial charge in [0.1, 0.15) is 0 Å². The first-order valence-corrected chi connectivity index (χ1v) is 9.83. The van der Waals surface area contributed by atoms with Crippen molar-refractivity contribution in [3.05, 3.63) is 29.8 Å². The fraction of sp³-hybridized carbons (Fsp3) is 0.619. The van der Waals surface area contributed by atoms with Gasteiger partial charge in [0.25, 0.3) is 0 Å². The summed E-state index contributed by atoms with van der Waals surface area (Å²) in [6, 6.07) is 8.05. The summed E-state index contributed by atoms with van der Waals surface area (Å²) in [7, 11) is 1.80. The average Bonchev–Trinajstić information content (AvgIpc) is 3.17. The van der Waals surface area contributed by atoms with E-state index >= 15 is 0 Å². The van der Waals surface area contributed by atoms with Gasteiger partial charge in [-0.3, -0.25) is 9.79 Å². The molecule has 3 N–H and O–H groups in total. The second-order valence-corrected chi connectivity index (χ2v) is 8.31. The number of carbonyl (C=O) groups is 1. The number of benzene rings is 1. The normalized spacial score (nSPS) is 20.5. The lowest BCUT2D eigenvalue weighted by atomic mass is 9.78. The first-order chi connectivity index (χ1) is 12.5. The summed E-state index contributed by atoms with van der Waals surface area (Å²) >= 11 is 0. The molecule has 1 unspecified atom stereocenters. The van der Waals surface area contributed by atoms with Crippen LogP contribution in [-0.2, 0) is 4.79 Å². The minimum atomic E-state index is 0. The molecule has 0 bridgehead atoms. The zero-order chi connectivity index (χ0) is 18.6. The number of nitrogens with zero attached hydrogens (tertiary/aromatic N) is 1. The summed E-state index contributed by atoms with van der Waals surface area (Å²) in [5, 5.41) is 9.88. The maximum atomic E-state index is 12.0. The molecule has 150 valence electrons. The molecule has 27 heavy (non-hydrogen) atoms. The Morgan fingerprint density at radius 1 is 1.22 bits per heavy atom. The van der Waals surface area contributed by atoms with Gasteiger partial charge in [0, 0.05) is 38.2 Å². The molecular formula is C21H33IN4O. The fourth-order valence-electron chi connectivity index (χ4n) is 4.29. The third-order valence-electron chi connectivity index (χ3n) is 6.02. The fourth-order valence-corrected chi connectivity index (χ4v) is 4.29. The van der Waals surface area contributed by atoms with Crippen LogP contribution in [-0.4, -0.2) is 32.0 Å². The van der Waals surface area contributed by atoms with Crippen molar-refractivity contribution in [3.8, 4) is 0 Å². The van der Waals surface area contributed by atoms with Crippen molar-refractivity contribution >= 4 is 41.5 Å². The van der Waals surface area contributed by atoms with Gasteiger partial charge in [-0.25, -0.2) is 0 Å². The largest absolute Gasteiger partial charge is 0.356 e. The van der Waals surface area contributed by atoms with Crippen LogP contribution in [0.2, 0.25) is 0 Å². The van der Waals surface area contributed by atoms with E-state index in [1.54, 1.807) is 7.05 Å². The number of carbonyl (C=O) groups excluding carboxylic acids is 1. The van der Waals surface area contributed by atoms with Crippen LogP contribution in [0.3, 0.4) is 0 Å². The Bertz CT molecular complexity index is 668. The van der Waals surface area contributed by atoms with Gasteiger partial charge in [0.2, 0.25) is 5.91 Å². The predicted molar refractivity (Wildman–Crippen MR) is 123 cm³/mol. The number of hydrogen-bond donors (Lipinski definition) is 3. The molecule has 1 aliphatic carbocycles. The zero-order valence-electron chi connectivity index (χ0n) is 16.7. The van der Waals surface area contributed by atoms with E-state index in [1.165, 1.54) is 31.2 Å². The monoisotopic (exact) mass is 484 g/mol. The summed E-state index contributed by atoms with van der Waals surface area (Å²) in [6.45, 7) is 6.32. The molecule has 1 fully saturated rings. The van der Waals surface area contributed by atoms with Crippen LogP contribution in [0.4, 0.5) is 5.69 Å². The highest BCUT2D eigenvalue weighted by Gasteiger charge is 2.32. The van der Waals surface area contributed by atoms with Crippen LogP contribution >= 0.6 is 24.0 Å². The first kappa shape index (κ1) is 22.0. The van der Waals surface area contributed by atoms with Gasteiger partial charge in [-0.15, -0.1) is 24.0 Å². The number of guanidine groups is 1. The van der Waals surface area contributed by atoms with Gasteiger partial charge >= 0.3 is 0 Å². The van der Waals surface area contributed by atoms with Crippen molar-refractivity contribution in [3.63, 3.8) is 0 Å². The number of rotatable bonds is 5. The van der Waals surface area contributed by atoms with Gasteiger partial charge in [-0.2, -0.15) is 0 Å². The van der Waals surface area contributed by atoms with Crippen LogP contribution in [0.25, 0.3) is 0 Å². The molecule has 1 aromatic carbocycles. The molecule has 0 radical (unpaired) electrons. The summed E-state index contributed by atoms with van der Waals surface area (Å²) in [4.78, 5) is 16.3. The Morgan fingerprint density at radius 2 is 1.93 bits per heavy atom. The Balaban J connectivity index is 0.00000261.